The van der Waals surface area contributed by atoms with Crippen molar-refractivity contribution in [3.63, 3.8) is 0 Å². The van der Waals surface area contributed by atoms with Gasteiger partial charge in [-0.15, -0.1) is 24.2 Å². The van der Waals surface area contributed by atoms with Crippen molar-refractivity contribution in [3.05, 3.63) is 28.2 Å². The van der Waals surface area contributed by atoms with E-state index in [2.05, 4.69) is 10.6 Å². The number of hydrogen-bond donors (Lipinski definition) is 2. The number of hydrogen-bond acceptors (Lipinski definition) is 3. The summed E-state index contributed by atoms with van der Waals surface area (Å²) in [7, 11) is 0. The molecule has 2 aliphatic rings. The van der Waals surface area contributed by atoms with Crippen LogP contribution in [0.25, 0.3) is 0 Å². The summed E-state index contributed by atoms with van der Waals surface area (Å²) in [6.07, 6.45) is 4.55. The van der Waals surface area contributed by atoms with Gasteiger partial charge in [-0.1, -0.05) is 23.2 Å². The third kappa shape index (κ3) is 4.93. The Morgan fingerprint density at radius 3 is 2.61 bits per heavy atom. The van der Waals surface area contributed by atoms with Gasteiger partial charge >= 0.3 is 0 Å². The molecule has 3 atom stereocenters. The van der Waals surface area contributed by atoms with E-state index in [0.717, 1.165) is 17.7 Å². The average molecular weight is 396 g/mol. The highest BCUT2D eigenvalue weighted by atomic mass is 35.5. The molecule has 0 aromatic heterocycles. The lowest BCUT2D eigenvalue weighted by Crippen LogP contribution is -2.49. The highest BCUT2D eigenvalue weighted by molar-refractivity contribution is 8.00. The molecule has 0 radical (unpaired) electrons. The minimum Gasteiger partial charge on any atom is -0.352 e. The van der Waals surface area contributed by atoms with Crippen LogP contribution in [0.1, 0.15) is 32.6 Å². The number of carbonyl (C=O) groups is 1. The standard InChI is InChI=1S/C16H20Cl2N2OS.ClH/c1-9(22-15-6-10(17)2-5-14(15)18)16(21)20-13-7-11-3-4-12(8-13)19-11;/h2,5-6,9,11-13,19H,3-4,7-8H2,1H3,(H,20,21);1H. The zero-order valence-electron chi connectivity index (χ0n) is 12.9. The van der Waals surface area contributed by atoms with E-state index in [-0.39, 0.29) is 23.6 Å². The van der Waals surface area contributed by atoms with Gasteiger partial charge in [-0.2, -0.15) is 0 Å². The Bertz CT molecular complexity index is 560. The summed E-state index contributed by atoms with van der Waals surface area (Å²) in [5.41, 5.74) is 0. The Morgan fingerprint density at radius 1 is 1.30 bits per heavy atom. The molecular formula is C16H21Cl3N2OS. The van der Waals surface area contributed by atoms with Crippen LogP contribution < -0.4 is 10.6 Å². The van der Waals surface area contributed by atoms with Gasteiger partial charge in [0, 0.05) is 28.0 Å². The molecule has 3 rings (SSSR count). The van der Waals surface area contributed by atoms with Gasteiger partial charge < -0.3 is 10.6 Å². The minimum atomic E-state index is -0.191. The average Bonchev–Trinajstić information content (AvgIpc) is 2.81. The molecule has 2 fully saturated rings. The Labute approximate surface area is 157 Å². The van der Waals surface area contributed by atoms with Crippen molar-refractivity contribution in [1.29, 1.82) is 0 Å². The highest BCUT2D eigenvalue weighted by Gasteiger charge is 2.34. The first-order valence-electron chi connectivity index (χ1n) is 7.69. The predicted octanol–water partition coefficient (Wildman–Crippen LogP) is 4.30. The lowest BCUT2D eigenvalue weighted by Gasteiger charge is -2.30. The third-order valence-corrected chi connectivity index (χ3v) is 6.22. The summed E-state index contributed by atoms with van der Waals surface area (Å²) in [6.45, 7) is 1.91. The van der Waals surface area contributed by atoms with Crippen LogP contribution in [0.4, 0.5) is 0 Å². The van der Waals surface area contributed by atoms with E-state index in [9.17, 15) is 4.79 Å². The molecule has 1 aromatic carbocycles. The lowest BCUT2D eigenvalue weighted by molar-refractivity contribution is -0.121. The number of thioether (sulfide) groups is 1. The third-order valence-electron chi connectivity index (χ3n) is 4.39. The second-order valence-electron chi connectivity index (χ2n) is 6.15. The smallest absolute Gasteiger partial charge is 0.233 e. The monoisotopic (exact) mass is 394 g/mol. The van der Waals surface area contributed by atoms with Gasteiger partial charge in [0.1, 0.15) is 0 Å². The van der Waals surface area contributed by atoms with Gasteiger partial charge in [-0.05, 0) is 50.8 Å². The molecule has 1 aromatic rings. The first kappa shape index (κ1) is 19.2. The Hall–Kier alpha value is -0.130. The first-order chi connectivity index (χ1) is 10.5. The van der Waals surface area contributed by atoms with E-state index >= 15 is 0 Å². The summed E-state index contributed by atoms with van der Waals surface area (Å²) in [5, 5.41) is 7.86. The molecule has 7 heteroatoms. The van der Waals surface area contributed by atoms with Crippen LogP contribution in [0.5, 0.6) is 0 Å². The van der Waals surface area contributed by atoms with Crippen molar-refractivity contribution in [2.45, 2.75) is 60.9 Å². The number of amides is 1. The van der Waals surface area contributed by atoms with Gasteiger partial charge in [0.15, 0.2) is 0 Å². The number of fused-ring (bicyclic) bond motifs is 2. The topological polar surface area (TPSA) is 41.1 Å². The molecule has 0 spiro atoms. The van der Waals surface area contributed by atoms with E-state index in [1.807, 2.05) is 13.0 Å². The molecule has 2 saturated heterocycles. The number of nitrogens with one attached hydrogen (secondary N) is 2. The largest absolute Gasteiger partial charge is 0.352 e. The first-order valence-corrected chi connectivity index (χ1v) is 9.33. The van der Waals surface area contributed by atoms with Crippen LogP contribution in [0.3, 0.4) is 0 Å². The zero-order valence-corrected chi connectivity index (χ0v) is 16.0. The molecular weight excluding hydrogens is 375 g/mol. The number of carbonyl (C=O) groups excluding carboxylic acids is 1. The summed E-state index contributed by atoms with van der Waals surface area (Å²) in [5.74, 6) is 0.0762. The Balaban J connectivity index is 0.00000192. The highest BCUT2D eigenvalue weighted by Crippen LogP contribution is 2.33. The number of benzene rings is 1. The molecule has 2 N–H and O–H groups in total. The van der Waals surface area contributed by atoms with Crippen molar-refractivity contribution in [2.24, 2.45) is 0 Å². The van der Waals surface area contributed by atoms with Crippen LogP contribution in [0.15, 0.2) is 23.1 Å². The molecule has 3 unspecified atom stereocenters. The molecule has 128 valence electrons. The summed E-state index contributed by atoms with van der Waals surface area (Å²) >= 11 is 13.6. The van der Waals surface area contributed by atoms with E-state index in [1.54, 1.807) is 12.1 Å². The van der Waals surface area contributed by atoms with Crippen LogP contribution in [0.2, 0.25) is 10.0 Å². The fourth-order valence-corrected chi connectivity index (χ4v) is 4.72. The van der Waals surface area contributed by atoms with Gasteiger partial charge in [-0.3, -0.25) is 4.79 Å². The SMILES string of the molecule is CC(Sc1cc(Cl)ccc1Cl)C(=O)NC1CC2CCC(C1)N2.Cl. The second kappa shape index (κ2) is 8.30. The molecule has 2 bridgehead atoms. The molecule has 2 heterocycles. The van der Waals surface area contributed by atoms with E-state index in [4.69, 9.17) is 23.2 Å². The van der Waals surface area contributed by atoms with Gasteiger partial charge in [0.2, 0.25) is 5.91 Å². The van der Waals surface area contributed by atoms with Gasteiger partial charge in [-0.25, -0.2) is 0 Å². The summed E-state index contributed by atoms with van der Waals surface area (Å²) in [4.78, 5) is 13.3. The van der Waals surface area contributed by atoms with E-state index in [0.29, 0.717) is 28.2 Å². The zero-order chi connectivity index (χ0) is 15.7. The van der Waals surface area contributed by atoms with Crippen molar-refractivity contribution in [1.82, 2.24) is 10.6 Å². The molecule has 3 nitrogen and oxygen atoms in total. The Kier molecular flexibility index (Phi) is 6.93. The molecule has 2 aliphatic heterocycles. The number of halogens is 3. The quantitative estimate of drug-likeness (QED) is 0.747. The molecule has 1 amide bonds. The maximum absolute atomic E-state index is 12.4. The predicted molar refractivity (Wildman–Crippen MR) is 100 cm³/mol. The fraction of sp³-hybridized carbons (Fsp3) is 0.562. The van der Waals surface area contributed by atoms with Crippen molar-refractivity contribution >= 4 is 53.3 Å². The summed E-state index contributed by atoms with van der Waals surface area (Å²) in [6, 6.07) is 6.78. The number of rotatable bonds is 4. The van der Waals surface area contributed by atoms with Crippen molar-refractivity contribution in [3.8, 4) is 0 Å². The van der Waals surface area contributed by atoms with E-state index in [1.165, 1.54) is 24.6 Å². The van der Waals surface area contributed by atoms with Gasteiger partial charge in [0.05, 0.1) is 10.3 Å². The van der Waals surface area contributed by atoms with Crippen molar-refractivity contribution < 1.29 is 4.79 Å². The van der Waals surface area contributed by atoms with Crippen LogP contribution in [-0.4, -0.2) is 29.3 Å². The molecule has 0 aliphatic carbocycles. The maximum atomic E-state index is 12.4. The van der Waals surface area contributed by atoms with Gasteiger partial charge in [0.25, 0.3) is 0 Å². The normalized spacial score (nSPS) is 27.2. The fourth-order valence-electron chi connectivity index (χ4n) is 3.31. The van der Waals surface area contributed by atoms with Crippen molar-refractivity contribution in [2.75, 3.05) is 0 Å². The maximum Gasteiger partial charge on any atom is 0.233 e. The van der Waals surface area contributed by atoms with Crippen LogP contribution in [-0.2, 0) is 4.79 Å². The van der Waals surface area contributed by atoms with Crippen LogP contribution in [0, 0.1) is 0 Å². The second-order valence-corrected chi connectivity index (χ2v) is 8.38. The minimum absolute atomic E-state index is 0. The van der Waals surface area contributed by atoms with E-state index < -0.39 is 0 Å². The lowest BCUT2D eigenvalue weighted by atomic mass is 10.00. The van der Waals surface area contributed by atoms with Crippen LogP contribution >= 0.6 is 47.4 Å². The Morgan fingerprint density at radius 2 is 1.96 bits per heavy atom. The molecule has 23 heavy (non-hydrogen) atoms. The molecule has 0 saturated carbocycles. The summed E-state index contributed by atoms with van der Waals surface area (Å²) < 4.78 is 0. The number of piperidine rings is 1.